The Hall–Kier alpha value is -2.70. The zero-order valence-electron chi connectivity index (χ0n) is 12.3. The van der Waals surface area contributed by atoms with Gasteiger partial charge in [0.1, 0.15) is 34.6 Å². The van der Waals surface area contributed by atoms with Gasteiger partial charge in [0.15, 0.2) is 0 Å². The number of carbonyl (C=O) groups excluding carboxylic acids is 2. The molecule has 0 spiro atoms. The first-order chi connectivity index (χ1) is 10.8. The van der Waals surface area contributed by atoms with E-state index in [-0.39, 0.29) is 23.5 Å². The van der Waals surface area contributed by atoms with Gasteiger partial charge < -0.3 is 4.74 Å². The van der Waals surface area contributed by atoms with Gasteiger partial charge in [0, 0.05) is 6.42 Å². The topological polar surface area (TPSA) is 56.3 Å². The summed E-state index contributed by atoms with van der Waals surface area (Å²) >= 11 is 0. The van der Waals surface area contributed by atoms with Crippen LogP contribution in [0.25, 0.3) is 11.3 Å². The molecule has 120 valence electrons. The number of rotatable bonds is 4. The number of nitrogens with zero attached hydrogens (tertiary/aromatic N) is 1. The van der Waals surface area contributed by atoms with E-state index in [4.69, 9.17) is 0 Å². The molecule has 23 heavy (non-hydrogen) atoms. The molecule has 0 bridgehead atoms. The molecule has 0 aliphatic rings. The van der Waals surface area contributed by atoms with Gasteiger partial charge in [-0.2, -0.15) is 0 Å². The van der Waals surface area contributed by atoms with E-state index in [0.717, 1.165) is 31.4 Å². The Morgan fingerprint density at radius 3 is 2.35 bits per heavy atom. The van der Waals surface area contributed by atoms with Gasteiger partial charge >= 0.3 is 5.97 Å². The molecule has 2 aromatic rings. The van der Waals surface area contributed by atoms with Crippen LogP contribution in [-0.2, 0) is 16.0 Å². The maximum atomic E-state index is 14.5. The molecule has 2 rings (SSSR count). The first kappa shape index (κ1) is 16.7. The minimum absolute atomic E-state index is 0.0847. The molecule has 0 atom stereocenters. The predicted octanol–water partition coefficient (Wildman–Crippen LogP) is 3.08. The van der Waals surface area contributed by atoms with Gasteiger partial charge in [-0.25, -0.2) is 22.9 Å². The molecule has 1 aromatic heterocycles. The summed E-state index contributed by atoms with van der Waals surface area (Å²) in [5.74, 6) is -4.35. The van der Waals surface area contributed by atoms with E-state index >= 15 is 0 Å². The largest absolute Gasteiger partial charge is 0.464 e. The molecular weight excluding hydrogens is 311 g/mol. The number of halogens is 3. The lowest BCUT2D eigenvalue weighted by Crippen LogP contribution is -2.08. The van der Waals surface area contributed by atoms with Crippen molar-refractivity contribution in [3.05, 3.63) is 53.0 Å². The number of hydrogen-bond donors (Lipinski definition) is 0. The molecule has 0 N–H and O–H groups in total. The lowest BCUT2D eigenvalue weighted by molar-refractivity contribution is -0.116. The highest BCUT2D eigenvalue weighted by Crippen LogP contribution is 2.29. The lowest BCUT2D eigenvalue weighted by atomic mass is 10.0. The Bertz CT molecular complexity index is 790. The standard InChI is InChI=1S/C16H12F3NO3/c1-8(21)7-9-3-4-10(17)13(14(9)19)15-11(18)5-6-12(20-15)16(22)23-2/h3-6H,7H2,1-2H3. The second-order valence-corrected chi connectivity index (χ2v) is 4.79. The normalized spacial score (nSPS) is 10.5. The zero-order valence-corrected chi connectivity index (χ0v) is 12.3. The number of hydrogen-bond acceptors (Lipinski definition) is 4. The van der Waals surface area contributed by atoms with E-state index in [1.54, 1.807) is 0 Å². The Morgan fingerprint density at radius 1 is 1.09 bits per heavy atom. The molecule has 0 aliphatic heterocycles. The van der Waals surface area contributed by atoms with Gasteiger partial charge in [-0.3, -0.25) is 4.79 Å². The number of esters is 1. The predicted molar refractivity (Wildman–Crippen MR) is 75.3 cm³/mol. The number of Topliss-reactive ketones (excluding diaryl/α,β-unsaturated/α-hetero) is 1. The zero-order chi connectivity index (χ0) is 17.1. The van der Waals surface area contributed by atoms with Crippen LogP contribution >= 0.6 is 0 Å². The van der Waals surface area contributed by atoms with Crippen LogP contribution < -0.4 is 0 Å². The SMILES string of the molecule is COC(=O)c1ccc(F)c(-c2c(F)ccc(CC(C)=O)c2F)n1. The summed E-state index contributed by atoms with van der Waals surface area (Å²) in [5, 5.41) is 0. The molecule has 0 fully saturated rings. The Kier molecular flexibility index (Phi) is 4.78. The van der Waals surface area contributed by atoms with Gasteiger partial charge in [0.05, 0.1) is 12.7 Å². The quantitative estimate of drug-likeness (QED) is 0.812. The van der Waals surface area contributed by atoms with Crippen molar-refractivity contribution in [2.45, 2.75) is 13.3 Å². The van der Waals surface area contributed by atoms with E-state index in [0.29, 0.717) is 0 Å². The summed E-state index contributed by atoms with van der Waals surface area (Å²) in [7, 11) is 1.10. The molecule has 0 amide bonds. The van der Waals surface area contributed by atoms with Crippen molar-refractivity contribution < 1.29 is 27.5 Å². The number of aromatic nitrogens is 1. The molecule has 0 radical (unpaired) electrons. The first-order valence-electron chi connectivity index (χ1n) is 6.56. The fraction of sp³-hybridized carbons (Fsp3) is 0.188. The van der Waals surface area contributed by atoms with Crippen LogP contribution in [-0.4, -0.2) is 23.8 Å². The third kappa shape index (κ3) is 3.39. The molecule has 0 unspecified atom stereocenters. The highest BCUT2D eigenvalue weighted by Gasteiger charge is 2.22. The summed E-state index contributed by atoms with van der Waals surface area (Å²) in [6.45, 7) is 1.25. The number of carbonyl (C=O) groups is 2. The van der Waals surface area contributed by atoms with Gasteiger partial charge in [-0.05, 0) is 30.7 Å². The van der Waals surface area contributed by atoms with E-state index < -0.39 is 34.7 Å². The van der Waals surface area contributed by atoms with Crippen molar-refractivity contribution in [3.63, 3.8) is 0 Å². The lowest BCUT2D eigenvalue weighted by Gasteiger charge is -2.10. The average molecular weight is 323 g/mol. The summed E-state index contributed by atoms with van der Waals surface area (Å²) in [5.41, 5.74) is -1.77. The van der Waals surface area contributed by atoms with Crippen LogP contribution in [0.1, 0.15) is 23.0 Å². The Morgan fingerprint density at radius 2 is 1.74 bits per heavy atom. The fourth-order valence-corrected chi connectivity index (χ4v) is 2.05. The Balaban J connectivity index is 2.66. The summed E-state index contributed by atoms with van der Waals surface area (Å²) in [4.78, 5) is 26.2. The van der Waals surface area contributed by atoms with Crippen molar-refractivity contribution in [3.8, 4) is 11.3 Å². The van der Waals surface area contributed by atoms with E-state index in [1.165, 1.54) is 6.92 Å². The van der Waals surface area contributed by atoms with Crippen molar-refractivity contribution >= 4 is 11.8 Å². The smallest absolute Gasteiger partial charge is 0.356 e. The van der Waals surface area contributed by atoms with E-state index in [2.05, 4.69) is 9.72 Å². The molecule has 1 heterocycles. The van der Waals surface area contributed by atoms with Gasteiger partial charge in [-0.15, -0.1) is 0 Å². The molecular formula is C16H12F3NO3. The number of pyridine rings is 1. The average Bonchev–Trinajstić information content (AvgIpc) is 2.51. The number of ether oxygens (including phenoxy) is 1. The van der Waals surface area contributed by atoms with Gasteiger partial charge in [0.2, 0.25) is 0 Å². The third-order valence-corrected chi connectivity index (χ3v) is 3.09. The molecule has 4 nitrogen and oxygen atoms in total. The molecule has 7 heteroatoms. The van der Waals surface area contributed by atoms with Crippen LogP contribution in [0.2, 0.25) is 0 Å². The number of benzene rings is 1. The second kappa shape index (κ2) is 6.60. The first-order valence-corrected chi connectivity index (χ1v) is 6.56. The summed E-state index contributed by atoms with van der Waals surface area (Å²) < 4.78 is 46.9. The molecule has 0 saturated carbocycles. The highest BCUT2D eigenvalue weighted by molar-refractivity contribution is 5.88. The minimum atomic E-state index is -1.09. The maximum Gasteiger partial charge on any atom is 0.356 e. The third-order valence-electron chi connectivity index (χ3n) is 3.09. The molecule has 0 saturated heterocycles. The maximum absolute atomic E-state index is 14.5. The summed E-state index contributed by atoms with van der Waals surface area (Å²) in [6, 6.07) is 3.94. The Labute approximate surface area is 129 Å². The van der Waals surface area contributed by atoms with Crippen LogP contribution in [0.4, 0.5) is 13.2 Å². The van der Waals surface area contributed by atoms with Gasteiger partial charge in [0.25, 0.3) is 0 Å². The molecule has 1 aromatic carbocycles. The van der Waals surface area contributed by atoms with Gasteiger partial charge in [-0.1, -0.05) is 6.07 Å². The van der Waals surface area contributed by atoms with Crippen molar-refractivity contribution in [1.29, 1.82) is 0 Å². The highest BCUT2D eigenvalue weighted by atomic mass is 19.1. The van der Waals surface area contributed by atoms with Crippen LogP contribution in [0.5, 0.6) is 0 Å². The van der Waals surface area contributed by atoms with Crippen LogP contribution in [0, 0.1) is 17.5 Å². The van der Waals surface area contributed by atoms with E-state index in [9.17, 15) is 22.8 Å². The number of methoxy groups -OCH3 is 1. The second-order valence-electron chi connectivity index (χ2n) is 4.79. The van der Waals surface area contributed by atoms with E-state index in [1.807, 2.05) is 0 Å². The number of ketones is 1. The molecule has 0 aliphatic carbocycles. The van der Waals surface area contributed by atoms with Crippen molar-refractivity contribution in [1.82, 2.24) is 4.98 Å². The van der Waals surface area contributed by atoms with Crippen molar-refractivity contribution in [2.24, 2.45) is 0 Å². The fourth-order valence-electron chi connectivity index (χ4n) is 2.05. The minimum Gasteiger partial charge on any atom is -0.464 e. The van der Waals surface area contributed by atoms with Crippen LogP contribution in [0.3, 0.4) is 0 Å². The van der Waals surface area contributed by atoms with Crippen LogP contribution in [0.15, 0.2) is 24.3 Å². The summed E-state index contributed by atoms with van der Waals surface area (Å²) in [6.07, 6.45) is -0.266. The monoisotopic (exact) mass is 323 g/mol. The van der Waals surface area contributed by atoms with Crippen molar-refractivity contribution in [2.75, 3.05) is 7.11 Å².